The van der Waals surface area contributed by atoms with E-state index < -0.39 is 0 Å². The number of hydrogen-bond acceptors (Lipinski definition) is 6. The summed E-state index contributed by atoms with van der Waals surface area (Å²) in [5.41, 5.74) is 3.18. The van der Waals surface area contributed by atoms with Crippen molar-refractivity contribution >= 4 is 23.2 Å². The van der Waals surface area contributed by atoms with Gasteiger partial charge in [-0.1, -0.05) is 35.5 Å². The van der Waals surface area contributed by atoms with Gasteiger partial charge in [-0.2, -0.15) is 0 Å². The highest BCUT2D eigenvalue weighted by Gasteiger charge is 2.13. The second-order valence-corrected chi connectivity index (χ2v) is 6.25. The zero-order valence-electron chi connectivity index (χ0n) is 14.0. The van der Waals surface area contributed by atoms with Crippen LogP contribution in [-0.4, -0.2) is 35.0 Å². The van der Waals surface area contributed by atoms with Crippen LogP contribution in [0.1, 0.15) is 33.8 Å². The number of unbranched alkanes of at least 4 members (excludes halogenated alkanes) is 1. The van der Waals surface area contributed by atoms with Gasteiger partial charge in [-0.25, -0.2) is 4.98 Å². The van der Waals surface area contributed by atoms with Crippen LogP contribution >= 0.6 is 11.3 Å². The fourth-order valence-electron chi connectivity index (χ4n) is 2.28. The molecule has 0 bridgehead atoms. The third-order valence-electron chi connectivity index (χ3n) is 3.64. The number of carbonyl (C=O) groups excluding carboxylic acids is 2. The lowest BCUT2D eigenvalue weighted by Crippen LogP contribution is -2.27. The van der Waals surface area contributed by atoms with Gasteiger partial charge < -0.3 is 15.2 Å². The fourth-order valence-corrected chi connectivity index (χ4v) is 2.81. The van der Waals surface area contributed by atoms with E-state index in [1.54, 1.807) is 17.0 Å². The summed E-state index contributed by atoms with van der Waals surface area (Å²) in [6.07, 6.45) is 1.50. The number of nitrogens with one attached hydrogen (secondary N) is 2. The molecule has 2 aromatic heterocycles. The Morgan fingerprint density at radius 2 is 1.69 bits per heavy atom. The van der Waals surface area contributed by atoms with E-state index in [1.807, 2.05) is 30.3 Å². The maximum Gasteiger partial charge on any atom is 0.273 e. The summed E-state index contributed by atoms with van der Waals surface area (Å²) < 4.78 is 5.22. The quantitative estimate of drug-likeness (QED) is 0.594. The number of rotatable bonds is 8. The zero-order chi connectivity index (χ0) is 18.2. The van der Waals surface area contributed by atoms with Gasteiger partial charge in [0.05, 0.1) is 5.51 Å². The van der Waals surface area contributed by atoms with E-state index in [9.17, 15) is 9.59 Å². The molecular weight excluding hydrogens is 352 g/mol. The highest BCUT2D eigenvalue weighted by Crippen LogP contribution is 2.19. The zero-order valence-corrected chi connectivity index (χ0v) is 14.8. The Kier molecular flexibility index (Phi) is 6.10. The first kappa shape index (κ1) is 17.8. The number of amides is 2. The average molecular weight is 370 g/mol. The van der Waals surface area contributed by atoms with Crippen molar-refractivity contribution < 1.29 is 14.1 Å². The molecule has 26 heavy (non-hydrogen) atoms. The number of benzene rings is 1. The van der Waals surface area contributed by atoms with Crippen molar-refractivity contribution in [1.29, 1.82) is 0 Å². The molecule has 1 aromatic carbocycles. The molecule has 0 aliphatic heterocycles. The van der Waals surface area contributed by atoms with Crippen molar-refractivity contribution in [3.63, 3.8) is 0 Å². The maximum atomic E-state index is 12.1. The summed E-state index contributed by atoms with van der Waals surface area (Å²) in [5, 5.41) is 11.1. The van der Waals surface area contributed by atoms with E-state index in [0.29, 0.717) is 24.5 Å². The maximum absolute atomic E-state index is 12.1. The van der Waals surface area contributed by atoms with Crippen LogP contribution in [0.3, 0.4) is 0 Å². The molecule has 0 saturated heterocycles. The number of nitrogens with zero attached hydrogens (tertiary/aromatic N) is 2. The van der Waals surface area contributed by atoms with Crippen LogP contribution < -0.4 is 10.6 Å². The molecule has 2 amide bonds. The number of hydrogen-bond donors (Lipinski definition) is 2. The predicted octanol–water partition coefficient (Wildman–Crippen LogP) is 2.74. The van der Waals surface area contributed by atoms with Gasteiger partial charge in [-0.05, 0) is 12.8 Å². The van der Waals surface area contributed by atoms with Gasteiger partial charge in [-0.15, -0.1) is 11.3 Å². The van der Waals surface area contributed by atoms with E-state index in [1.165, 1.54) is 11.3 Å². The molecule has 0 aliphatic rings. The second-order valence-electron chi connectivity index (χ2n) is 5.54. The molecular formula is C18H18N4O3S. The van der Waals surface area contributed by atoms with Crippen molar-refractivity contribution in [3.05, 3.63) is 58.7 Å². The average Bonchev–Trinajstić information content (AvgIpc) is 3.37. The van der Waals surface area contributed by atoms with Gasteiger partial charge in [0.15, 0.2) is 11.5 Å². The minimum atomic E-state index is -0.276. The molecule has 3 aromatic rings. The summed E-state index contributed by atoms with van der Waals surface area (Å²) >= 11 is 1.38. The molecule has 134 valence electrons. The lowest BCUT2D eigenvalue weighted by atomic mass is 10.1. The standard InChI is InChI=1S/C18H18N4O3S/c23-17(14-10-16(25-22-14)13-6-2-1-3-7-13)19-8-4-5-9-20-18(24)15-11-26-12-21-15/h1-3,6-7,10-12H,4-5,8-9H2,(H,19,23)(H,20,24). The van der Waals surface area contributed by atoms with Crippen molar-refractivity contribution in [2.45, 2.75) is 12.8 Å². The minimum absolute atomic E-state index is 0.175. The van der Waals surface area contributed by atoms with Crippen LogP contribution in [0.15, 0.2) is 51.8 Å². The second kappa shape index (κ2) is 8.91. The monoisotopic (exact) mass is 370 g/mol. The molecule has 0 aliphatic carbocycles. The van der Waals surface area contributed by atoms with Crippen LogP contribution in [0, 0.1) is 0 Å². The molecule has 0 radical (unpaired) electrons. The Labute approximate surface area is 154 Å². The Morgan fingerprint density at radius 1 is 1.00 bits per heavy atom. The molecule has 0 atom stereocenters. The summed E-state index contributed by atoms with van der Waals surface area (Å²) in [6, 6.07) is 11.1. The third-order valence-corrected chi connectivity index (χ3v) is 4.23. The van der Waals surface area contributed by atoms with Crippen molar-refractivity contribution in [2.75, 3.05) is 13.1 Å². The van der Waals surface area contributed by atoms with Crippen LogP contribution in [0.2, 0.25) is 0 Å². The molecule has 7 nitrogen and oxygen atoms in total. The third kappa shape index (κ3) is 4.76. The van der Waals surface area contributed by atoms with Crippen LogP contribution in [0.5, 0.6) is 0 Å². The van der Waals surface area contributed by atoms with Gasteiger partial charge in [0, 0.05) is 30.1 Å². The topological polar surface area (TPSA) is 97.1 Å². The Hall–Kier alpha value is -3.00. The SMILES string of the molecule is O=C(NCCCCNC(=O)c1cc(-c2ccccc2)on1)c1cscn1. The fraction of sp³-hybridized carbons (Fsp3) is 0.222. The lowest BCUT2D eigenvalue weighted by Gasteiger charge is -2.04. The normalized spacial score (nSPS) is 10.5. The lowest BCUT2D eigenvalue weighted by molar-refractivity contribution is 0.0932. The molecule has 0 unspecified atom stereocenters. The molecule has 0 fully saturated rings. The molecule has 8 heteroatoms. The first-order chi connectivity index (χ1) is 12.7. The Morgan fingerprint density at radius 3 is 2.35 bits per heavy atom. The Bertz CT molecular complexity index is 846. The van der Waals surface area contributed by atoms with Crippen LogP contribution in [0.4, 0.5) is 0 Å². The van der Waals surface area contributed by atoms with E-state index >= 15 is 0 Å². The van der Waals surface area contributed by atoms with Gasteiger partial charge in [0.2, 0.25) is 0 Å². The van der Waals surface area contributed by atoms with E-state index in [2.05, 4.69) is 20.8 Å². The van der Waals surface area contributed by atoms with E-state index in [-0.39, 0.29) is 17.5 Å². The Balaban J connectivity index is 1.36. The van der Waals surface area contributed by atoms with Gasteiger partial charge in [-0.3, -0.25) is 9.59 Å². The molecule has 3 rings (SSSR count). The summed E-state index contributed by atoms with van der Waals surface area (Å²) in [7, 11) is 0. The first-order valence-electron chi connectivity index (χ1n) is 8.21. The van der Waals surface area contributed by atoms with Gasteiger partial charge in [0.25, 0.3) is 11.8 Å². The first-order valence-corrected chi connectivity index (χ1v) is 9.15. The molecule has 0 saturated carbocycles. The van der Waals surface area contributed by atoms with E-state index in [0.717, 1.165) is 18.4 Å². The predicted molar refractivity (Wildman–Crippen MR) is 98.0 cm³/mol. The summed E-state index contributed by atoms with van der Waals surface area (Å²) in [5.74, 6) is 0.106. The van der Waals surface area contributed by atoms with Crippen molar-refractivity contribution in [1.82, 2.24) is 20.8 Å². The van der Waals surface area contributed by atoms with Crippen LogP contribution in [-0.2, 0) is 0 Å². The highest BCUT2D eigenvalue weighted by molar-refractivity contribution is 7.07. The van der Waals surface area contributed by atoms with Gasteiger partial charge in [0.1, 0.15) is 5.69 Å². The van der Waals surface area contributed by atoms with Crippen molar-refractivity contribution in [3.8, 4) is 11.3 Å². The molecule has 2 heterocycles. The number of thiazole rings is 1. The molecule has 2 N–H and O–H groups in total. The molecule has 0 spiro atoms. The number of carbonyl (C=O) groups is 2. The van der Waals surface area contributed by atoms with Crippen molar-refractivity contribution in [2.24, 2.45) is 0 Å². The van der Waals surface area contributed by atoms with E-state index in [4.69, 9.17) is 4.52 Å². The highest BCUT2D eigenvalue weighted by atomic mass is 32.1. The van der Waals surface area contributed by atoms with Crippen LogP contribution in [0.25, 0.3) is 11.3 Å². The largest absolute Gasteiger partial charge is 0.355 e. The minimum Gasteiger partial charge on any atom is -0.355 e. The summed E-state index contributed by atoms with van der Waals surface area (Å²) in [4.78, 5) is 27.7. The number of aromatic nitrogens is 2. The smallest absolute Gasteiger partial charge is 0.273 e. The van der Waals surface area contributed by atoms with Gasteiger partial charge >= 0.3 is 0 Å². The summed E-state index contributed by atoms with van der Waals surface area (Å²) in [6.45, 7) is 1.04.